The minimum atomic E-state index is -0.985. The number of nitro groups is 1. The van der Waals surface area contributed by atoms with Gasteiger partial charge in [0.25, 0.3) is 17.4 Å². The fourth-order valence-electron chi connectivity index (χ4n) is 4.54. The van der Waals surface area contributed by atoms with Crippen LogP contribution < -0.4 is 9.47 Å². The van der Waals surface area contributed by atoms with E-state index in [0.29, 0.717) is 49.9 Å². The highest BCUT2D eigenvalue weighted by Gasteiger charge is 2.46. The van der Waals surface area contributed by atoms with Gasteiger partial charge < -0.3 is 24.2 Å². The molecule has 0 spiro atoms. The second-order valence-electron chi connectivity index (χ2n) is 8.37. The number of nitro benzene ring substituents is 1. The predicted molar refractivity (Wildman–Crippen MR) is 122 cm³/mol. The number of aliphatic hydroxyl groups excluding tert-OH is 1. The Balaban J connectivity index is 1.56. The summed E-state index contributed by atoms with van der Waals surface area (Å²) in [6, 6.07) is 9.48. The molecule has 182 valence electrons. The van der Waals surface area contributed by atoms with Gasteiger partial charge in [-0.05, 0) is 23.8 Å². The van der Waals surface area contributed by atoms with Crippen LogP contribution in [-0.2, 0) is 14.3 Å². The van der Waals surface area contributed by atoms with E-state index in [2.05, 4.69) is 4.90 Å². The number of morpholine rings is 1. The number of Topliss-reactive ketones (excluding diaryl/α,β-unsaturated/α-hetero) is 1. The zero-order chi connectivity index (χ0) is 24.5. The third kappa shape index (κ3) is 4.31. The first-order valence-electron chi connectivity index (χ1n) is 11.2. The van der Waals surface area contributed by atoms with E-state index in [0.717, 1.165) is 0 Å². The number of ketones is 1. The average Bonchev–Trinajstić information content (AvgIpc) is 3.45. The summed E-state index contributed by atoms with van der Waals surface area (Å²) >= 11 is 0. The van der Waals surface area contributed by atoms with Gasteiger partial charge in [-0.2, -0.15) is 0 Å². The molecule has 2 aromatic carbocycles. The van der Waals surface area contributed by atoms with E-state index in [4.69, 9.17) is 14.2 Å². The van der Waals surface area contributed by atoms with Crippen molar-refractivity contribution >= 4 is 23.1 Å². The number of nitrogens with zero attached hydrogens (tertiary/aromatic N) is 3. The normalized spacial score (nSPS) is 21.5. The number of amides is 1. The van der Waals surface area contributed by atoms with Crippen molar-refractivity contribution in [1.29, 1.82) is 0 Å². The van der Waals surface area contributed by atoms with E-state index in [1.807, 2.05) is 0 Å². The SMILES string of the molecule is O=C1C(=O)N(CCN2CCOCC2)C(c2cccc([N+](=O)[O-])c2)C1=C(O)c1ccc2c(c1)OCO2. The molecule has 5 rings (SSSR count). The molecule has 1 atom stereocenters. The molecule has 0 radical (unpaired) electrons. The van der Waals surface area contributed by atoms with Crippen LogP contribution in [0.4, 0.5) is 5.69 Å². The van der Waals surface area contributed by atoms with Crippen LogP contribution in [0.3, 0.4) is 0 Å². The highest BCUT2D eigenvalue weighted by Crippen LogP contribution is 2.41. The van der Waals surface area contributed by atoms with Gasteiger partial charge in [-0.25, -0.2) is 0 Å². The van der Waals surface area contributed by atoms with Crippen LogP contribution in [0.25, 0.3) is 5.76 Å². The van der Waals surface area contributed by atoms with Crippen LogP contribution in [0.2, 0.25) is 0 Å². The maximum Gasteiger partial charge on any atom is 0.295 e. The summed E-state index contributed by atoms with van der Waals surface area (Å²) in [6.45, 7) is 3.29. The molecule has 3 heterocycles. The van der Waals surface area contributed by atoms with Gasteiger partial charge in [0.15, 0.2) is 11.5 Å². The molecule has 1 N–H and O–H groups in total. The van der Waals surface area contributed by atoms with Crippen molar-refractivity contribution in [3.05, 3.63) is 69.3 Å². The molecule has 0 aliphatic carbocycles. The Kier molecular flexibility index (Phi) is 6.10. The number of carbonyl (C=O) groups is 2. The molecule has 0 saturated carbocycles. The quantitative estimate of drug-likeness (QED) is 0.217. The van der Waals surface area contributed by atoms with Crippen molar-refractivity contribution in [3.63, 3.8) is 0 Å². The lowest BCUT2D eigenvalue weighted by Crippen LogP contribution is -2.42. The lowest BCUT2D eigenvalue weighted by molar-refractivity contribution is -0.384. The molecule has 11 nitrogen and oxygen atoms in total. The maximum atomic E-state index is 13.2. The van der Waals surface area contributed by atoms with Gasteiger partial charge in [-0.1, -0.05) is 12.1 Å². The highest BCUT2D eigenvalue weighted by molar-refractivity contribution is 6.46. The predicted octanol–water partition coefficient (Wildman–Crippen LogP) is 2.08. The Morgan fingerprint density at radius 3 is 2.60 bits per heavy atom. The molecule has 2 saturated heterocycles. The Labute approximate surface area is 200 Å². The Hall–Kier alpha value is -3.96. The number of benzene rings is 2. The minimum Gasteiger partial charge on any atom is -0.507 e. The molecule has 0 aromatic heterocycles. The number of ether oxygens (including phenoxy) is 3. The van der Waals surface area contributed by atoms with Gasteiger partial charge in [0.05, 0.1) is 29.8 Å². The topological polar surface area (TPSA) is 132 Å². The molecular weight excluding hydrogens is 458 g/mol. The van der Waals surface area contributed by atoms with Crippen molar-refractivity contribution in [2.75, 3.05) is 46.2 Å². The van der Waals surface area contributed by atoms with Crippen LogP contribution in [0.5, 0.6) is 11.5 Å². The molecule has 2 aromatic rings. The van der Waals surface area contributed by atoms with Crippen molar-refractivity contribution in [1.82, 2.24) is 9.80 Å². The highest BCUT2D eigenvalue weighted by atomic mass is 16.7. The summed E-state index contributed by atoms with van der Waals surface area (Å²) in [5, 5.41) is 22.6. The largest absolute Gasteiger partial charge is 0.507 e. The molecule has 11 heteroatoms. The van der Waals surface area contributed by atoms with Crippen LogP contribution in [0.15, 0.2) is 48.0 Å². The van der Waals surface area contributed by atoms with Gasteiger partial charge in [-0.15, -0.1) is 0 Å². The number of fused-ring (bicyclic) bond motifs is 1. The monoisotopic (exact) mass is 481 g/mol. The van der Waals surface area contributed by atoms with Crippen molar-refractivity contribution in [3.8, 4) is 11.5 Å². The molecule has 3 aliphatic heterocycles. The summed E-state index contributed by atoms with van der Waals surface area (Å²) in [5.41, 5.74) is 0.333. The van der Waals surface area contributed by atoms with Gasteiger partial charge >= 0.3 is 0 Å². The fourth-order valence-corrected chi connectivity index (χ4v) is 4.54. The van der Waals surface area contributed by atoms with Gasteiger partial charge in [0, 0.05) is 43.9 Å². The van der Waals surface area contributed by atoms with Crippen LogP contribution >= 0.6 is 0 Å². The van der Waals surface area contributed by atoms with E-state index in [-0.39, 0.29) is 35.9 Å². The van der Waals surface area contributed by atoms with Gasteiger partial charge in [0.1, 0.15) is 5.76 Å². The lowest BCUT2D eigenvalue weighted by Gasteiger charge is -2.31. The Bertz CT molecular complexity index is 1220. The van der Waals surface area contributed by atoms with E-state index in [9.17, 15) is 24.8 Å². The van der Waals surface area contributed by atoms with E-state index in [1.54, 1.807) is 18.2 Å². The van der Waals surface area contributed by atoms with E-state index >= 15 is 0 Å². The number of aliphatic hydroxyl groups is 1. The maximum absolute atomic E-state index is 13.2. The standard InChI is InChI=1S/C24H23N3O8/c28-22(16-4-5-18-19(13-16)35-14-34-18)20-21(15-2-1-3-17(12-15)27(31)32)26(24(30)23(20)29)7-6-25-8-10-33-11-9-25/h1-5,12-13,21,28H,6-11,14H2. The number of carbonyl (C=O) groups excluding carboxylic acids is 2. The summed E-state index contributed by atoms with van der Waals surface area (Å²) in [5.74, 6) is -1.09. The zero-order valence-corrected chi connectivity index (χ0v) is 18.7. The Morgan fingerprint density at radius 1 is 1.06 bits per heavy atom. The second-order valence-corrected chi connectivity index (χ2v) is 8.37. The molecule has 3 aliphatic rings. The van der Waals surface area contributed by atoms with Crippen molar-refractivity contribution in [2.24, 2.45) is 0 Å². The number of rotatable bonds is 6. The third-order valence-electron chi connectivity index (χ3n) is 6.34. The average molecular weight is 481 g/mol. The van der Waals surface area contributed by atoms with Gasteiger partial charge in [0.2, 0.25) is 6.79 Å². The smallest absolute Gasteiger partial charge is 0.295 e. The molecule has 2 fully saturated rings. The summed E-state index contributed by atoms with van der Waals surface area (Å²) in [7, 11) is 0. The van der Waals surface area contributed by atoms with Crippen molar-refractivity contribution < 1.29 is 33.8 Å². The number of non-ortho nitro benzene ring substituents is 1. The molecular formula is C24H23N3O8. The first kappa shape index (κ1) is 22.8. The van der Waals surface area contributed by atoms with E-state index < -0.39 is 22.7 Å². The first-order chi connectivity index (χ1) is 16.9. The van der Waals surface area contributed by atoms with E-state index in [1.165, 1.54) is 29.2 Å². The minimum absolute atomic E-state index is 0.0408. The van der Waals surface area contributed by atoms with Crippen molar-refractivity contribution in [2.45, 2.75) is 6.04 Å². The third-order valence-corrected chi connectivity index (χ3v) is 6.34. The summed E-state index contributed by atoms with van der Waals surface area (Å²) < 4.78 is 16.0. The summed E-state index contributed by atoms with van der Waals surface area (Å²) in [4.78, 5) is 40.7. The summed E-state index contributed by atoms with van der Waals surface area (Å²) in [6.07, 6.45) is 0. The molecule has 0 bridgehead atoms. The molecule has 1 amide bonds. The van der Waals surface area contributed by atoms with Crippen LogP contribution in [0, 0.1) is 10.1 Å². The van der Waals surface area contributed by atoms with Gasteiger partial charge in [-0.3, -0.25) is 24.6 Å². The number of hydrogen-bond donors (Lipinski definition) is 1. The fraction of sp³-hybridized carbons (Fsp3) is 0.333. The molecule has 35 heavy (non-hydrogen) atoms. The lowest BCUT2D eigenvalue weighted by atomic mass is 9.95. The molecule has 1 unspecified atom stereocenters. The first-order valence-corrected chi connectivity index (χ1v) is 11.2. The zero-order valence-electron chi connectivity index (χ0n) is 18.7. The van der Waals surface area contributed by atoms with Crippen LogP contribution in [-0.4, -0.2) is 77.7 Å². The Morgan fingerprint density at radius 2 is 1.83 bits per heavy atom. The number of likely N-dealkylation sites (tertiary alicyclic amines) is 1. The number of hydrogen-bond acceptors (Lipinski definition) is 9. The second kappa shape index (κ2) is 9.35. The van der Waals surface area contributed by atoms with Crippen LogP contribution in [0.1, 0.15) is 17.2 Å².